The maximum Gasteiger partial charge on any atom is 0.231 e. The van der Waals surface area contributed by atoms with Crippen molar-refractivity contribution < 1.29 is 14.4 Å². The average Bonchev–Trinajstić information content (AvgIpc) is 3.47. The maximum absolute atomic E-state index is 12.5. The lowest BCUT2D eigenvalue weighted by atomic mass is 9.92. The van der Waals surface area contributed by atoms with Crippen molar-refractivity contribution in [1.82, 2.24) is 14.7 Å². The molecule has 0 atom stereocenters. The molecule has 0 unspecified atom stereocenters. The van der Waals surface area contributed by atoms with Crippen LogP contribution >= 0.6 is 0 Å². The van der Waals surface area contributed by atoms with Crippen LogP contribution < -0.4 is 10.2 Å². The molecular weight excluding hydrogens is 442 g/mol. The SMILES string of the molecule is CC(C)(C)c1cc(NC(=O)Cc2ccc(-n3cnc4cc(N5CCC(O)CC5)ccc43)cc2)on1. The van der Waals surface area contributed by atoms with Crippen LogP contribution in [0.1, 0.15) is 44.9 Å². The van der Waals surface area contributed by atoms with Crippen LogP contribution in [0.15, 0.2) is 59.4 Å². The number of benzene rings is 2. The number of anilines is 2. The molecular formula is C27H31N5O3. The lowest BCUT2D eigenvalue weighted by molar-refractivity contribution is -0.115. The van der Waals surface area contributed by atoms with Gasteiger partial charge in [0.05, 0.1) is 29.3 Å². The number of amides is 1. The van der Waals surface area contributed by atoms with Crippen LogP contribution in [0.5, 0.6) is 0 Å². The van der Waals surface area contributed by atoms with Gasteiger partial charge in [-0.05, 0) is 48.7 Å². The van der Waals surface area contributed by atoms with E-state index in [1.165, 1.54) is 0 Å². The van der Waals surface area contributed by atoms with E-state index in [9.17, 15) is 9.90 Å². The lowest BCUT2D eigenvalue weighted by Gasteiger charge is -2.31. The van der Waals surface area contributed by atoms with Gasteiger partial charge in [-0.3, -0.25) is 14.7 Å². The van der Waals surface area contributed by atoms with Gasteiger partial charge in [0.15, 0.2) is 0 Å². The smallest absolute Gasteiger partial charge is 0.231 e. The van der Waals surface area contributed by atoms with E-state index in [0.29, 0.717) is 5.88 Å². The summed E-state index contributed by atoms with van der Waals surface area (Å²) in [6, 6.07) is 16.0. The molecule has 2 aromatic heterocycles. The summed E-state index contributed by atoms with van der Waals surface area (Å²) in [4.78, 5) is 19.4. The second-order valence-electron chi connectivity index (χ2n) is 10.2. The van der Waals surface area contributed by atoms with E-state index in [0.717, 1.165) is 59.6 Å². The molecule has 1 aliphatic rings. The first-order valence-electron chi connectivity index (χ1n) is 12.0. The second kappa shape index (κ2) is 9.19. The van der Waals surface area contributed by atoms with Crippen LogP contribution in [0.2, 0.25) is 0 Å². The van der Waals surface area contributed by atoms with Crippen LogP contribution in [0.25, 0.3) is 16.7 Å². The molecule has 1 fully saturated rings. The summed E-state index contributed by atoms with van der Waals surface area (Å²) in [6.07, 6.45) is 3.48. The fraction of sp³-hybridized carbons (Fsp3) is 0.370. The Morgan fingerprint density at radius 1 is 1.09 bits per heavy atom. The third-order valence-electron chi connectivity index (χ3n) is 6.48. The van der Waals surface area contributed by atoms with Crippen molar-refractivity contribution in [3.05, 3.63) is 66.1 Å². The molecule has 182 valence electrons. The predicted octanol–water partition coefficient (Wildman–Crippen LogP) is 4.45. The quantitative estimate of drug-likeness (QED) is 0.444. The molecule has 2 aromatic carbocycles. The number of nitrogens with one attached hydrogen (secondary N) is 1. The monoisotopic (exact) mass is 473 g/mol. The van der Waals surface area contributed by atoms with Crippen molar-refractivity contribution >= 4 is 28.5 Å². The largest absolute Gasteiger partial charge is 0.393 e. The highest BCUT2D eigenvalue weighted by Gasteiger charge is 2.20. The van der Waals surface area contributed by atoms with Crippen molar-refractivity contribution in [3.63, 3.8) is 0 Å². The van der Waals surface area contributed by atoms with E-state index in [4.69, 9.17) is 4.52 Å². The molecule has 8 nitrogen and oxygen atoms in total. The van der Waals surface area contributed by atoms with Gasteiger partial charge in [-0.2, -0.15) is 0 Å². The molecule has 5 rings (SSSR count). The standard InChI is InChI=1S/C27H31N5O3/c1-27(2,3)24-16-26(35-30-24)29-25(34)14-18-4-6-19(7-5-18)32-17-28-22-15-20(8-9-23(22)32)31-12-10-21(33)11-13-31/h4-9,15-17,21,33H,10-14H2,1-3H3,(H,29,34). The average molecular weight is 474 g/mol. The number of hydrogen-bond acceptors (Lipinski definition) is 6. The van der Waals surface area contributed by atoms with Gasteiger partial charge in [-0.15, -0.1) is 0 Å². The highest BCUT2D eigenvalue weighted by Crippen LogP contribution is 2.27. The molecule has 2 N–H and O–H groups in total. The maximum atomic E-state index is 12.5. The molecule has 1 amide bonds. The van der Waals surface area contributed by atoms with Gasteiger partial charge < -0.3 is 14.5 Å². The molecule has 8 heteroatoms. The first-order valence-corrected chi connectivity index (χ1v) is 12.0. The first kappa shape index (κ1) is 23.1. The summed E-state index contributed by atoms with van der Waals surface area (Å²) in [7, 11) is 0. The Labute approximate surface area is 204 Å². The minimum absolute atomic E-state index is 0.140. The molecule has 0 radical (unpaired) electrons. The van der Waals surface area contributed by atoms with Crippen molar-refractivity contribution in [2.75, 3.05) is 23.3 Å². The van der Waals surface area contributed by atoms with Gasteiger partial charge in [-0.1, -0.05) is 38.1 Å². The molecule has 0 spiro atoms. The van der Waals surface area contributed by atoms with E-state index in [2.05, 4.69) is 38.6 Å². The summed E-state index contributed by atoms with van der Waals surface area (Å²) in [5, 5.41) is 16.6. The van der Waals surface area contributed by atoms with Crippen LogP contribution in [-0.4, -0.2) is 44.9 Å². The summed E-state index contributed by atoms with van der Waals surface area (Å²) in [5.74, 6) is 0.210. The van der Waals surface area contributed by atoms with Crippen molar-refractivity contribution in [1.29, 1.82) is 0 Å². The van der Waals surface area contributed by atoms with E-state index in [1.807, 2.05) is 55.9 Å². The number of aliphatic hydroxyl groups excluding tert-OH is 1. The van der Waals surface area contributed by atoms with Crippen LogP contribution in [0.4, 0.5) is 11.6 Å². The fourth-order valence-electron chi connectivity index (χ4n) is 4.36. The second-order valence-corrected chi connectivity index (χ2v) is 10.2. The highest BCUT2D eigenvalue weighted by atomic mass is 16.5. The third kappa shape index (κ3) is 5.07. The third-order valence-corrected chi connectivity index (χ3v) is 6.48. The Kier molecular flexibility index (Phi) is 6.06. The number of aromatic nitrogens is 3. The number of nitrogens with zero attached hydrogens (tertiary/aromatic N) is 4. The van der Waals surface area contributed by atoms with Gasteiger partial charge in [0.2, 0.25) is 11.8 Å². The van der Waals surface area contributed by atoms with E-state index < -0.39 is 0 Å². The molecule has 0 saturated carbocycles. The van der Waals surface area contributed by atoms with Crippen molar-refractivity contribution in [3.8, 4) is 5.69 Å². The Morgan fingerprint density at radius 2 is 1.80 bits per heavy atom. The number of hydrogen-bond donors (Lipinski definition) is 2. The van der Waals surface area contributed by atoms with Crippen molar-refractivity contribution in [2.45, 2.75) is 51.6 Å². The summed E-state index contributed by atoms with van der Waals surface area (Å²) < 4.78 is 7.30. The molecule has 1 aliphatic heterocycles. The molecule has 35 heavy (non-hydrogen) atoms. The minimum Gasteiger partial charge on any atom is -0.393 e. The Morgan fingerprint density at radius 3 is 2.49 bits per heavy atom. The number of fused-ring (bicyclic) bond motifs is 1. The predicted molar refractivity (Wildman–Crippen MR) is 136 cm³/mol. The Bertz CT molecular complexity index is 1330. The van der Waals surface area contributed by atoms with Crippen molar-refractivity contribution in [2.24, 2.45) is 0 Å². The number of carbonyl (C=O) groups is 1. The lowest BCUT2D eigenvalue weighted by Crippen LogP contribution is -2.35. The van der Waals surface area contributed by atoms with E-state index in [1.54, 1.807) is 6.07 Å². The van der Waals surface area contributed by atoms with Gasteiger partial charge in [-0.25, -0.2) is 4.98 Å². The van der Waals surface area contributed by atoms with E-state index >= 15 is 0 Å². The van der Waals surface area contributed by atoms with Gasteiger partial charge >= 0.3 is 0 Å². The van der Waals surface area contributed by atoms with Crippen LogP contribution in [0.3, 0.4) is 0 Å². The van der Waals surface area contributed by atoms with Crippen LogP contribution in [-0.2, 0) is 16.6 Å². The number of carbonyl (C=O) groups excluding carboxylic acids is 1. The normalized spacial score (nSPS) is 15.0. The minimum atomic E-state index is -0.188. The molecule has 0 bridgehead atoms. The summed E-state index contributed by atoms with van der Waals surface area (Å²) in [6.45, 7) is 7.84. The molecule has 4 aromatic rings. The molecule has 0 aliphatic carbocycles. The van der Waals surface area contributed by atoms with Gasteiger partial charge in [0, 0.05) is 35.9 Å². The highest BCUT2D eigenvalue weighted by molar-refractivity contribution is 5.91. The molecule has 3 heterocycles. The zero-order chi connectivity index (χ0) is 24.6. The summed E-state index contributed by atoms with van der Waals surface area (Å²) >= 11 is 0. The molecule has 1 saturated heterocycles. The first-order chi connectivity index (χ1) is 16.8. The van der Waals surface area contributed by atoms with Gasteiger partial charge in [0.1, 0.15) is 6.33 Å². The number of rotatable bonds is 5. The summed E-state index contributed by atoms with van der Waals surface area (Å²) in [5.41, 5.74) is 5.63. The number of piperidine rings is 1. The topological polar surface area (TPSA) is 96.4 Å². The number of imidazole rings is 1. The number of aliphatic hydroxyl groups is 1. The fourth-order valence-corrected chi connectivity index (χ4v) is 4.36. The zero-order valence-corrected chi connectivity index (χ0v) is 20.4. The Hall–Kier alpha value is -3.65. The van der Waals surface area contributed by atoms with E-state index in [-0.39, 0.29) is 23.8 Å². The van der Waals surface area contributed by atoms with Crippen LogP contribution in [0, 0.1) is 0 Å². The Balaban J connectivity index is 1.25. The zero-order valence-electron chi connectivity index (χ0n) is 20.4. The van der Waals surface area contributed by atoms with Gasteiger partial charge in [0.25, 0.3) is 0 Å².